The highest BCUT2D eigenvalue weighted by Gasteiger charge is 2.19. The Morgan fingerprint density at radius 1 is 1.04 bits per heavy atom. The molecule has 0 radical (unpaired) electrons. The molecule has 1 aliphatic heterocycles. The molecule has 0 spiro atoms. The molecule has 0 N–H and O–H groups in total. The maximum absolute atomic E-state index is 4.78. The Morgan fingerprint density at radius 2 is 1.80 bits per heavy atom. The van der Waals surface area contributed by atoms with E-state index < -0.39 is 0 Å². The van der Waals surface area contributed by atoms with Crippen LogP contribution >= 0.6 is 11.8 Å². The number of aromatic nitrogens is 3. The van der Waals surface area contributed by atoms with Crippen LogP contribution in [0.15, 0.2) is 47.8 Å². The number of fused-ring (bicyclic) bond motifs is 1. The van der Waals surface area contributed by atoms with E-state index in [1.54, 1.807) is 0 Å². The molecule has 4 rings (SSSR count). The molecule has 0 bridgehead atoms. The van der Waals surface area contributed by atoms with Gasteiger partial charge in [0.25, 0.3) is 0 Å². The summed E-state index contributed by atoms with van der Waals surface area (Å²) in [6.45, 7) is 6.29. The Hall–Kier alpha value is -2.05. The summed E-state index contributed by atoms with van der Waals surface area (Å²) in [5.41, 5.74) is 3.19. The molecule has 1 saturated heterocycles. The summed E-state index contributed by atoms with van der Waals surface area (Å²) in [5.74, 6) is 2.08. The highest BCUT2D eigenvalue weighted by molar-refractivity contribution is 7.99. The van der Waals surface area contributed by atoms with Crippen molar-refractivity contribution in [2.45, 2.75) is 11.8 Å². The summed E-state index contributed by atoms with van der Waals surface area (Å²) in [5, 5.41) is 0. The molecular weight excluding hydrogens is 330 g/mol. The molecule has 0 saturated carbocycles. The fraction of sp³-hybridized carbons (Fsp3) is 0.368. The van der Waals surface area contributed by atoms with Crippen LogP contribution in [0.5, 0.6) is 0 Å². The molecule has 6 heteroatoms. The van der Waals surface area contributed by atoms with Crippen molar-refractivity contribution in [1.82, 2.24) is 19.3 Å². The number of nitrogens with zero attached hydrogens (tertiary/aromatic N) is 5. The van der Waals surface area contributed by atoms with Gasteiger partial charge in [-0.05, 0) is 24.9 Å². The zero-order chi connectivity index (χ0) is 17.2. The second-order valence-electron chi connectivity index (χ2n) is 6.34. The third-order valence-electron chi connectivity index (χ3n) is 4.67. The van der Waals surface area contributed by atoms with Crippen LogP contribution in [0.3, 0.4) is 0 Å². The zero-order valence-electron chi connectivity index (χ0n) is 14.7. The van der Waals surface area contributed by atoms with Gasteiger partial charge in [0.15, 0.2) is 11.5 Å². The first-order valence-electron chi connectivity index (χ1n) is 8.75. The van der Waals surface area contributed by atoms with Gasteiger partial charge >= 0.3 is 0 Å². The normalized spacial score (nSPS) is 15.8. The van der Waals surface area contributed by atoms with Gasteiger partial charge in [-0.3, -0.25) is 4.40 Å². The van der Waals surface area contributed by atoms with Crippen LogP contribution in [-0.4, -0.2) is 58.2 Å². The molecule has 0 amide bonds. The minimum Gasteiger partial charge on any atom is -0.351 e. The highest BCUT2D eigenvalue weighted by atomic mass is 32.2. The molecule has 25 heavy (non-hydrogen) atoms. The largest absolute Gasteiger partial charge is 0.351 e. The summed E-state index contributed by atoms with van der Waals surface area (Å²) in [6.07, 6.45) is 5.87. The van der Waals surface area contributed by atoms with Crippen LogP contribution in [0.25, 0.3) is 16.9 Å². The lowest BCUT2D eigenvalue weighted by Gasteiger charge is -2.33. The fourth-order valence-electron chi connectivity index (χ4n) is 3.25. The van der Waals surface area contributed by atoms with E-state index >= 15 is 0 Å². The second kappa shape index (κ2) is 7.06. The van der Waals surface area contributed by atoms with E-state index in [0.717, 1.165) is 49.1 Å². The zero-order valence-corrected chi connectivity index (χ0v) is 15.5. The lowest BCUT2D eigenvalue weighted by Crippen LogP contribution is -2.45. The molecule has 0 atom stereocenters. The van der Waals surface area contributed by atoms with E-state index in [9.17, 15) is 0 Å². The molecule has 1 aromatic carbocycles. The molecule has 3 heterocycles. The van der Waals surface area contributed by atoms with Gasteiger partial charge in [-0.15, -0.1) is 11.8 Å². The molecule has 1 aliphatic rings. The predicted molar refractivity (Wildman–Crippen MR) is 105 cm³/mol. The maximum Gasteiger partial charge on any atom is 0.180 e. The molecule has 0 aliphatic carbocycles. The number of thioether (sulfide) groups is 1. The number of hydrogen-bond acceptors (Lipinski definition) is 5. The van der Waals surface area contributed by atoms with Gasteiger partial charge in [-0.1, -0.05) is 19.1 Å². The van der Waals surface area contributed by atoms with Crippen molar-refractivity contribution in [3.63, 3.8) is 0 Å². The standard InChI is InChI=1S/C19H23N5S/c1-3-25-16-6-4-15(5-7-16)17-14-21-18(19-20-8-9-24(17)19)23-12-10-22(2)11-13-23/h4-9,14H,3,10-13H2,1-2H3. The van der Waals surface area contributed by atoms with Crippen molar-refractivity contribution < 1.29 is 0 Å². The second-order valence-corrected chi connectivity index (χ2v) is 7.67. The third-order valence-corrected chi connectivity index (χ3v) is 5.57. The number of imidazole rings is 1. The lowest BCUT2D eigenvalue weighted by molar-refractivity contribution is 0.312. The quantitative estimate of drug-likeness (QED) is 0.673. The van der Waals surface area contributed by atoms with E-state index in [2.05, 4.69) is 57.4 Å². The molecule has 130 valence electrons. The van der Waals surface area contributed by atoms with Crippen molar-refractivity contribution in [3.05, 3.63) is 42.9 Å². The Morgan fingerprint density at radius 3 is 2.52 bits per heavy atom. The van der Waals surface area contributed by atoms with Crippen LogP contribution in [-0.2, 0) is 0 Å². The minimum atomic E-state index is 0.939. The number of rotatable bonds is 4. The monoisotopic (exact) mass is 353 g/mol. The van der Waals surface area contributed by atoms with Crippen molar-refractivity contribution >= 4 is 23.2 Å². The van der Waals surface area contributed by atoms with Crippen LogP contribution < -0.4 is 4.90 Å². The molecule has 0 unspecified atom stereocenters. The van der Waals surface area contributed by atoms with Crippen LogP contribution in [0.1, 0.15) is 6.92 Å². The van der Waals surface area contributed by atoms with E-state index in [1.165, 1.54) is 10.5 Å². The Balaban J connectivity index is 1.70. The van der Waals surface area contributed by atoms with Gasteiger partial charge in [0.1, 0.15) is 0 Å². The van der Waals surface area contributed by atoms with Crippen LogP contribution in [0.4, 0.5) is 5.82 Å². The van der Waals surface area contributed by atoms with Crippen molar-refractivity contribution in [1.29, 1.82) is 0 Å². The SMILES string of the molecule is CCSc1ccc(-c2cnc(N3CCN(C)CC3)c3nccn23)cc1. The number of benzene rings is 1. The number of piperazine rings is 1. The first kappa shape index (κ1) is 16.4. The predicted octanol–water partition coefficient (Wildman–Crippen LogP) is 3.26. The Labute approximate surface area is 152 Å². The fourth-order valence-corrected chi connectivity index (χ4v) is 3.91. The molecular formula is C19H23N5S. The van der Waals surface area contributed by atoms with E-state index in [-0.39, 0.29) is 0 Å². The van der Waals surface area contributed by atoms with E-state index in [4.69, 9.17) is 4.98 Å². The summed E-state index contributed by atoms with van der Waals surface area (Å²) >= 11 is 1.86. The minimum absolute atomic E-state index is 0.939. The van der Waals surface area contributed by atoms with Gasteiger partial charge < -0.3 is 9.80 Å². The number of likely N-dealkylation sites (N-methyl/N-ethyl adjacent to an activating group) is 1. The van der Waals surface area contributed by atoms with Crippen LogP contribution in [0, 0.1) is 0 Å². The van der Waals surface area contributed by atoms with Crippen molar-refractivity contribution in [2.75, 3.05) is 43.9 Å². The van der Waals surface area contributed by atoms with Gasteiger partial charge in [0.2, 0.25) is 0 Å². The highest BCUT2D eigenvalue weighted by Crippen LogP contribution is 2.27. The maximum atomic E-state index is 4.78. The summed E-state index contributed by atoms with van der Waals surface area (Å²) in [7, 11) is 2.17. The average molecular weight is 353 g/mol. The van der Waals surface area contributed by atoms with Gasteiger partial charge in [-0.2, -0.15) is 0 Å². The molecule has 3 aromatic rings. The first-order chi connectivity index (χ1) is 12.3. The molecule has 1 fully saturated rings. The number of hydrogen-bond donors (Lipinski definition) is 0. The summed E-state index contributed by atoms with van der Waals surface area (Å²) < 4.78 is 2.16. The third kappa shape index (κ3) is 3.24. The van der Waals surface area contributed by atoms with Gasteiger partial charge in [0, 0.05) is 49.0 Å². The van der Waals surface area contributed by atoms with Crippen LogP contribution in [0.2, 0.25) is 0 Å². The Bertz CT molecular complexity index is 850. The average Bonchev–Trinajstić information content (AvgIpc) is 3.13. The Kier molecular flexibility index (Phi) is 4.63. The van der Waals surface area contributed by atoms with Gasteiger partial charge in [-0.25, -0.2) is 9.97 Å². The first-order valence-corrected chi connectivity index (χ1v) is 9.73. The van der Waals surface area contributed by atoms with Crippen molar-refractivity contribution in [2.24, 2.45) is 0 Å². The van der Waals surface area contributed by atoms with E-state index in [1.807, 2.05) is 30.4 Å². The van der Waals surface area contributed by atoms with Crippen molar-refractivity contribution in [3.8, 4) is 11.3 Å². The molecule has 2 aromatic heterocycles. The number of anilines is 1. The van der Waals surface area contributed by atoms with Gasteiger partial charge in [0.05, 0.1) is 11.9 Å². The smallest absolute Gasteiger partial charge is 0.180 e. The topological polar surface area (TPSA) is 36.7 Å². The molecule has 5 nitrogen and oxygen atoms in total. The summed E-state index contributed by atoms with van der Waals surface area (Å²) in [6, 6.07) is 8.70. The summed E-state index contributed by atoms with van der Waals surface area (Å²) in [4.78, 5) is 15.4. The van der Waals surface area contributed by atoms with E-state index in [0.29, 0.717) is 0 Å². The lowest BCUT2D eigenvalue weighted by atomic mass is 10.1.